The van der Waals surface area contributed by atoms with E-state index in [0.29, 0.717) is 5.39 Å². The van der Waals surface area contributed by atoms with Gasteiger partial charge in [0.1, 0.15) is 0 Å². The lowest BCUT2D eigenvalue weighted by molar-refractivity contribution is 0.0989. The van der Waals surface area contributed by atoms with Crippen molar-refractivity contribution in [3.05, 3.63) is 42.2 Å². The molecule has 0 spiro atoms. The number of para-hydroxylation sites is 1. The lowest BCUT2D eigenvalue weighted by atomic mass is 10.2. The molecule has 3 aromatic rings. The zero-order valence-electron chi connectivity index (χ0n) is 10.6. The Morgan fingerprint density at radius 1 is 1.35 bits per heavy atom. The van der Waals surface area contributed by atoms with Crippen LogP contribution in [0.5, 0.6) is 5.88 Å². The third-order valence-corrected chi connectivity index (χ3v) is 2.83. The van der Waals surface area contributed by atoms with E-state index in [9.17, 15) is 9.90 Å². The van der Waals surface area contributed by atoms with Crippen LogP contribution in [-0.2, 0) is 7.05 Å². The minimum Gasteiger partial charge on any atom is -0.493 e. The molecule has 3 rings (SSSR count). The highest BCUT2D eigenvalue weighted by Gasteiger charge is 2.12. The Morgan fingerprint density at radius 3 is 2.90 bits per heavy atom. The van der Waals surface area contributed by atoms with Gasteiger partial charge in [0.2, 0.25) is 5.88 Å². The van der Waals surface area contributed by atoms with E-state index >= 15 is 0 Å². The van der Waals surface area contributed by atoms with Crippen LogP contribution >= 0.6 is 0 Å². The molecule has 1 aromatic carbocycles. The van der Waals surface area contributed by atoms with Gasteiger partial charge >= 0.3 is 5.91 Å². The number of azo groups is 1. The zero-order chi connectivity index (χ0) is 14.1. The molecule has 2 aromatic heterocycles. The number of H-pyrrole nitrogens is 1. The molecule has 0 saturated heterocycles. The van der Waals surface area contributed by atoms with Gasteiger partial charge in [-0.1, -0.05) is 18.2 Å². The summed E-state index contributed by atoms with van der Waals surface area (Å²) < 4.78 is 1.51. The number of nitrogens with one attached hydrogen (secondary N) is 1. The summed E-state index contributed by atoms with van der Waals surface area (Å²) in [4.78, 5) is 14.5. The second-order valence-corrected chi connectivity index (χ2v) is 4.25. The van der Waals surface area contributed by atoms with Crippen molar-refractivity contribution in [2.75, 3.05) is 0 Å². The van der Waals surface area contributed by atoms with E-state index < -0.39 is 5.91 Å². The summed E-state index contributed by atoms with van der Waals surface area (Å²) in [7, 11) is 1.71. The van der Waals surface area contributed by atoms with Crippen molar-refractivity contribution in [3.8, 4) is 5.88 Å². The molecule has 100 valence electrons. The van der Waals surface area contributed by atoms with Gasteiger partial charge in [-0.15, -0.1) is 10.2 Å². The third-order valence-electron chi connectivity index (χ3n) is 2.83. The van der Waals surface area contributed by atoms with Gasteiger partial charge in [-0.2, -0.15) is 5.10 Å². The van der Waals surface area contributed by atoms with Gasteiger partial charge in [0.05, 0.1) is 5.52 Å². The molecule has 2 heterocycles. The maximum atomic E-state index is 11.8. The highest BCUT2D eigenvalue weighted by Crippen LogP contribution is 2.35. The fourth-order valence-electron chi connectivity index (χ4n) is 1.89. The Bertz CT molecular complexity index is 815. The minimum atomic E-state index is -0.560. The molecule has 0 aliphatic heterocycles. The maximum absolute atomic E-state index is 11.8. The first-order valence-electron chi connectivity index (χ1n) is 5.90. The number of hydrogen-bond acceptors (Lipinski definition) is 4. The van der Waals surface area contributed by atoms with Gasteiger partial charge in [0, 0.05) is 18.6 Å². The Hall–Kier alpha value is -2.96. The van der Waals surface area contributed by atoms with Gasteiger partial charge in [-0.05, 0) is 12.1 Å². The average molecular weight is 269 g/mol. The number of aromatic hydroxyl groups is 1. The van der Waals surface area contributed by atoms with E-state index in [0.717, 1.165) is 5.52 Å². The van der Waals surface area contributed by atoms with Crippen LogP contribution in [0.4, 0.5) is 5.69 Å². The predicted octanol–water partition coefficient (Wildman–Crippen LogP) is 2.53. The normalized spacial score (nSPS) is 11.4. The second-order valence-electron chi connectivity index (χ2n) is 4.25. The molecule has 0 saturated carbocycles. The van der Waals surface area contributed by atoms with E-state index in [1.165, 1.54) is 4.68 Å². The summed E-state index contributed by atoms with van der Waals surface area (Å²) in [5.74, 6) is -0.681. The first kappa shape index (κ1) is 12.1. The fraction of sp³-hybridized carbons (Fsp3) is 0.0769. The number of carbonyl (C=O) groups is 1. The van der Waals surface area contributed by atoms with E-state index in [-0.39, 0.29) is 17.3 Å². The lowest BCUT2D eigenvalue weighted by Gasteiger charge is -1.90. The Labute approximate surface area is 113 Å². The first-order chi connectivity index (χ1) is 9.65. The molecule has 0 aliphatic rings. The fourth-order valence-corrected chi connectivity index (χ4v) is 1.89. The molecule has 2 N–H and O–H groups in total. The molecule has 0 unspecified atom stereocenters. The Morgan fingerprint density at radius 2 is 2.15 bits per heavy atom. The van der Waals surface area contributed by atoms with Gasteiger partial charge in [0.25, 0.3) is 0 Å². The van der Waals surface area contributed by atoms with Gasteiger partial charge in [0.15, 0.2) is 11.4 Å². The highest BCUT2D eigenvalue weighted by atomic mass is 16.3. The van der Waals surface area contributed by atoms with Crippen LogP contribution in [-0.4, -0.2) is 25.8 Å². The first-order valence-corrected chi connectivity index (χ1v) is 5.90. The van der Waals surface area contributed by atoms with Crippen LogP contribution in [0.25, 0.3) is 10.9 Å². The summed E-state index contributed by atoms with van der Waals surface area (Å²) in [5.41, 5.74) is 1.17. The summed E-state index contributed by atoms with van der Waals surface area (Å²) in [6, 6.07) is 8.78. The van der Waals surface area contributed by atoms with Gasteiger partial charge in [-0.25, -0.2) is 0 Å². The van der Waals surface area contributed by atoms with Crippen LogP contribution in [0, 0.1) is 0 Å². The monoisotopic (exact) mass is 269 g/mol. The molecule has 1 amide bonds. The minimum absolute atomic E-state index is 0.122. The number of benzene rings is 1. The quantitative estimate of drug-likeness (QED) is 0.699. The predicted molar refractivity (Wildman–Crippen MR) is 72.0 cm³/mol. The van der Waals surface area contributed by atoms with E-state index in [1.807, 2.05) is 12.1 Å². The maximum Gasteiger partial charge on any atom is 0.315 e. The standard InChI is InChI=1S/C13H11N5O2/c1-18-7-6-10(17-18)12(19)16-15-11-8-4-2-3-5-9(8)14-13(11)20/h2-7,14,20H,1H3. The second kappa shape index (κ2) is 4.61. The molecule has 20 heavy (non-hydrogen) atoms. The van der Waals surface area contributed by atoms with Crippen molar-refractivity contribution in [2.24, 2.45) is 17.3 Å². The summed E-state index contributed by atoms with van der Waals surface area (Å²) in [5, 5.41) is 21.8. The number of aromatic nitrogens is 3. The Balaban J connectivity index is 1.95. The number of rotatable bonds is 2. The van der Waals surface area contributed by atoms with Crippen LogP contribution in [0.1, 0.15) is 10.5 Å². The van der Waals surface area contributed by atoms with Crippen LogP contribution in [0.2, 0.25) is 0 Å². The molecule has 7 nitrogen and oxygen atoms in total. The molecule has 0 atom stereocenters. The van der Waals surface area contributed by atoms with Gasteiger partial charge < -0.3 is 10.1 Å². The number of aromatic amines is 1. The number of fused-ring (bicyclic) bond motifs is 1. The SMILES string of the molecule is Cn1ccc(C(=O)N=Nc2c(O)[nH]c3ccccc23)n1. The topological polar surface area (TPSA) is 95.6 Å². The summed E-state index contributed by atoms with van der Waals surface area (Å²) in [6.45, 7) is 0. The smallest absolute Gasteiger partial charge is 0.315 e. The largest absolute Gasteiger partial charge is 0.493 e. The zero-order valence-corrected chi connectivity index (χ0v) is 10.6. The highest BCUT2D eigenvalue weighted by molar-refractivity contribution is 5.96. The number of hydrogen-bond donors (Lipinski definition) is 2. The summed E-state index contributed by atoms with van der Waals surface area (Å²) in [6.07, 6.45) is 1.64. The molecule has 7 heteroatoms. The average Bonchev–Trinajstić information content (AvgIpc) is 2.99. The molecular weight excluding hydrogens is 258 g/mol. The summed E-state index contributed by atoms with van der Waals surface area (Å²) >= 11 is 0. The van der Waals surface area contributed by atoms with Gasteiger partial charge in [-0.3, -0.25) is 9.48 Å². The third kappa shape index (κ3) is 2.05. The molecule has 0 aliphatic carbocycles. The number of amides is 1. The Kier molecular flexibility index (Phi) is 2.79. The molecule has 0 bridgehead atoms. The van der Waals surface area contributed by atoms with Crippen molar-refractivity contribution in [1.29, 1.82) is 0 Å². The van der Waals surface area contributed by atoms with Crippen LogP contribution in [0.15, 0.2) is 46.8 Å². The van der Waals surface area contributed by atoms with Crippen molar-refractivity contribution in [2.45, 2.75) is 0 Å². The van der Waals surface area contributed by atoms with E-state index in [4.69, 9.17) is 0 Å². The van der Waals surface area contributed by atoms with Crippen LogP contribution < -0.4 is 0 Å². The lowest BCUT2D eigenvalue weighted by Crippen LogP contribution is -1.97. The number of carbonyl (C=O) groups excluding carboxylic acids is 1. The number of nitrogens with zero attached hydrogens (tertiary/aromatic N) is 4. The molecular formula is C13H11N5O2. The van der Waals surface area contributed by atoms with Crippen molar-refractivity contribution < 1.29 is 9.90 Å². The van der Waals surface area contributed by atoms with E-state index in [2.05, 4.69) is 20.3 Å². The number of aryl methyl sites for hydroxylation is 1. The molecule has 0 radical (unpaired) electrons. The van der Waals surface area contributed by atoms with Crippen molar-refractivity contribution in [1.82, 2.24) is 14.8 Å². The molecule has 0 fully saturated rings. The van der Waals surface area contributed by atoms with E-state index in [1.54, 1.807) is 31.4 Å². The van der Waals surface area contributed by atoms with Crippen molar-refractivity contribution in [3.63, 3.8) is 0 Å². The van der Waals surface area contributed by atoms with Crippen LogP contribution in [0.3, 0.4) is 0 Å². The van der Waals surface area contributed by atoms with Crippen molar-refractivity contribution >= 4 is 22.5 Å².